The zero-order valence-corrected chi connectivity index (χ0v) is 8.91. The zero-order chi connectivity index (χ0) is 10.3. The maximum absolute atomic E-state index is 10.6. The van der Waals surface area contributed by atoms with E-state index < -0.39 is 0 Å². The predicted molar refractivity (Wildman–Crippen MR) is 58.8 cm³/mol. The van der Waals surface area contributed by atoms with Crippen molar-refractivity contribution in [2.75, 3.05) is 0 Å². The molecule has 1 aliphatic rings. The molecule has 76 valence electrons. The Labute approximate surface area is 91.4 Å². The summed E-state index contributed by atoms with van der Waals surface area (Å²) in [6.45, 7) is 0. The third-order valence-corrected chi connectivity index (χ3v) is 3.44. The Balaban J connectivity index is 1.93. The lowest BCUT2D eigenvalue weighted by atomic mass is 10.3. The maximum atomic E-state index is 10.6. The lowest BCUT2D eigenvalue weighted by Crippen LogP contribution is -1.93. The molecule has 1 saturated carbocycles. The molecule has 0 radical (unpaired) electrons. The summed E-state index contributed by atoms with van der Waals surface area (Å²) < 4.78 is 1.84. The number of thiophene rings is 1. The average Bonchev–Trinajstić information content (AvgIpc) is 2.84. The van der Waals surface area contributed by atoms with Gasteiger partial charge in [-0.25, -0.2) is 4.68 Å². The third-order valence-electron chi connectivity index (χ3n) is 2.59. The summed E-state index contributed by atoms with van der Waals surface area (Å²) in [4.78, 5) is 11.3. The average molecular weight is 218 g/mol. The van der Waals surface area contributed by atoms with E-state index in [1.54, 1.807) is 0 Å². The topological polar surface area (TPSA) is 34.9 Å². The Morgan fingerprint density at radius 2 is 2.40 bits per heavy atom. The molecule has 15 heavy (non-hydrogen) atoms. The number of hydrogen-bond donors (Lipinski definition) is 0. The Kier molecular flexibility index (Phi) is 1.95. The molecule has 0 bridgehead atoms. The van der Waals surface area contributed by atoms with Gasteiger partial charge in [-0.15, -0.1) is 11.3 Å². The second-order valence-electron chi connectivity index (χ2n) is 3.78. The van der Waals surface area contributed by atoms with E-state index in [1.165, 1.54) is 29.9 Å². The first kappa shape index (κ1) is 8.85. The molecule has 0 unspecified atom stereocenters. The van der Waals surface area contributed by atoms with Crippen LogP contribution in [0.1, 0.15) is 34.1 Å². The van der Waals surface area contributed by atoms with E-state index in [4.69, 9.17) is 0 Å². The van der Waals surface area contributed by atoms with Crippen LogP contribution in [0.2, 0.25) is 0 Å². The van der Waals surface area contributed by atoms with Gasteiger partial charge in [0.05, 0.1) is 16.3 Å². The van der Waals surface area contributed by atoms with Crippen LogP contribution < -0.4 is 0 Å². The third kappa shape index (κ3) is 1.61. The molecule has 0 amide bonds. The van der Waals surface area contributed by atoms with Gasteiger partial charge in [0.1, 0.15) is 0 Å². The minimum atomic E-state index is 0.676. The summed E-state index contributed by atoms with van der Waals surface area (Å²) in [5, 5.41) is 6.45. The van der Waals surface area contributed by atoms with Gasteiger partial charge in [-0.2, -0.15) is 5.10 Å². The first-order valence-corrected chi connectivity index (χ1v) is 5.84. The van der Waals surface area contributed by atoms with Gasteiger partial charge in [0.2, 0.25) is 0 Å². The van der Waals surface area contributed by atoms with Crippen LogP contribution in [0, 0.1) is 0 Å². The first-order valence-electron chi connectivity index (χ1n) is 4.96. The van der Waals surface area contributed by atoms with E-state index in [0.29, 0.717) is 5.92 Å². The van der Waals surface area contributed by atoms with Crippen LogP contribution in [0.5, 0.6) is 0 Å². The molecule has 3 nitrogen and oxygen atoms in total. The largest absolute Gasteiger partial charge is 0.297 e. The molecule has 0 aromatic carbocycles. The molecule has 0 atom stereocenters. The molecule has 0 spiro atoms. The minimum absolute atomic E-state index is 0.676. The van der Waals surface area contributed by atoms with E-state index in [9.17, 15) is 4.79 Å². The Morgan fingerprint density at radius 3 is 3.07 bits per heavy atom. The standard InChI is InChI=1S/C11H10N2OS/c14-6-10-5-9(7-15-10)13-4-3-11(12-13)8-1-2-8/h3-8H,1-2H2. The number of hydrogen-bond acceptors (Lipinski definition) is 3. The number of aldehydes is 1. The van der Waals surface area contributed by atoms with Gasteiger partial charge in [0.25, 0.3) is 0 Å². The van der Waals surface area contributed by atoms with Crippen molar-refractivity contribution >= 4 is 17.6 Å². The van der Waals surface area contributed by atoms with Crippen molar-refractivity contribution in [2.24, 2.45) is 0 Å². The van der Waals surface area contributed by atoms with E-state index >= 15 is 0 Å². The fourth-order valence-corrected chi connectivity index (χ4v) is 2.28. The van der Waals surface area contributed by atoms with Gasteiger partial charge in [-0.3, -0.25) is 4.79 Å². The molecule has 2 aromatic heterocycles. The molecule has 2 heterocycles. The van der Waals surface area contributed by atoms with Crippen LogP contribution in [0.4, 0.5) is 0 Å². The quantitative estimate of drug-likeness (QED) is 0.742. The van der Waals surface area contributed by atoms with E-state index in [0.717, 1.165) is 16.9 Å². The minimum Gasteiger partial charge on any atom is -0.297 e. The summed E-state index contributed by atoms with van der Waals surface area (Å²) in [5.74, 6) is 0.676. The zero-order valence-electron chi connectivity index (χ0n) is 8.09. The molecule has 0 saturated heterocycles. The van der Waals surface area contributed by atoms with Crippen molar-refractivity contribution < 1.29 is 4.79 Å². The first-order chi connectivity index (χ1) is 7.36. The van der Waals surface area contributed by atoms with Gasteiger partial charge in [0, 0.05) is 17.5 Å². The lowest BCUT2D eigenvalue weighted by molar-refractivity contribution is 0.112. The van der Waals surface area contributed by atoms with Crippen molar-refractivity contribution in [3.63, 3.8) is 0 Å². The number of carbonyl (C=O) groups is 1. The van der Waals surface area contributed by atoms with Gasteiger partial charge in [-0.1, -0.05) is 0 Å². The Hall–Kier alpha value is -1.42. The van der Waals surface area contributed by atoms with Crippen molar-refractivity contribution in [1.82, 2.24) is 9.78 Å². The van der Waals surface area contributed by atoms with Crippen molar-refractivity contribution in [3.8, 4) is 5.69 Å². The highest BCUT2D eigenvalue weighted by molar-refractivity contribution is 7.12. The van der Waals surface area contributed by atoms with Crippen LogP contribution in [0.15, 0.2) is 23.7 Å². The molecular weight excluding hydrogens is 208 g/mol. The molecule has 1 fully saturated rings. The normalized spacial score (nSPS) is 15.5. The van der Waals surface area contributed by atoms with Crippen LogP contribution in [0.25, 0.3) is 5.69 Å². The highest BCUT2D eigenvalue weighted by Gasteiger charge is 2.25. The maximum Gasteiger partial charge on any atom is 0.160 e. The number of nitrogens with zero attached hydrogens (tertiary/aromatic N) is 2. The lowest BCUT2D eigenvalue weighted by Gasteiger charge is -1.94. The predicted octanol–water partition coefficient (Wildman–Crippen LogP) is 2.62. The van der Waals surface area contributed by atoms with Crippen molar-refractivity contribution in [2.45, 2.75) is 18.8 Å². The van der Waals surface area contributed by atoms with Gasteiger partial charge >= 0.3 is 0 Å². The Morgan fingerprint density at radius 1 is 1.53 bits per heavy atom. The molecule has 1 aliphatic carbocycles. The smallest absolute Gasteiger partial charge is 0.160 e. The summed E-state index contributed by atoms with van der Waals surface area (Å²) in [7, 11) is 0. The molecule has 0 aliphatic heterocycles. The molecule has 4 heteroatoms. The highest BCUT2D eigenvalue weighted by atomic mass is 32.1. The van der Waals surface area contributed by atoms with Gasteiger partial charge < -0.3 is 0 Å². The fraction of sp³-hybridized carbons (Fsp3) is 0.273. The summed E-state index contributed by atoms with van der Waals surface area (Å²) in [5.41, 5.74) is 2.16. The summed E-state index contributed by atoms with van der Waals surface area (Å²) >= 11 is 1.45. The monoisotopic (exact) mass is 218 g/mol. The van der Waals surface area contributed by atoms with E-state index in [2.05, 4.69) is 11.2 Å². The Bertz CT molecular complexity index is 496. The van der Waals surface area contributed by atoms with E-state index in [-0.39, 0.29) is 0 Å². The van der Waals surface area contributed by atoms with Crippen LogP contribution in [-0.4, -0.2) is 16.1 Å². The van der Waals surface area contributed by atoms with Crippen molar-refractivity contribution in [3.05, 3.63) is 34.3 Å². The summed E-state index contributed by atoms with van der Waals surface area (Å²) in [6.07, 6.45) is 5.37. The second kappa shape index (κ2) is 3.31. The highest BCUT2D eigenvalue weighted by Crippen LogP contribution is 2.39. The van der Waals surface area contributed by atoms with Gasteiger partial charge in [-0.05, 0) is 25.0 Å². The number of rotatable bonds is 3. The van der Waals surface area contributed by atoms with Crippen LogP contribution in [-0.2, 0) is 0 Å². The molecule has 3 rings (SSSR count). The van der Waals surface area contributed by atoms with Crippen LogP contribution >= 0.6 is 11.3 Å². The SMILES string of the molecule is O=Cc1cc(-n2ccc(C3CC3)n2)cs1. The summed E-state index contributed by atoms with van der Waals surface area (Å²) in [6, 6.07) is 3.93. The molecule has 0 N–H and O–H groups in total. The fourth-order valence-electron chi connectivity index (χ4n) is 1.60. The van der Waals surface area contributed by atoms with Crippen molar-refractivity contribution in [1.29, 1.82) is 0 Å². The molecule has 2 aromatic rings. The second-order valence-corrected chi connectivity index (χ2v) is 4.73. The number of carbonyl (C=O) groups excluding carboxylic acids is 1. The van der Waals surface area contributed by atoms with E-state index in [1.807, 2.05) is 22.3 Å². The molecular formula is C11H10N2OS. The van der Waals surface area contributed by atoms with Gasteiger partial charge in [0.15, 0.2) is 6.29 Å². The van der Waals surface area contributed by atoms with Crippen LogP contribution in [0.3, 0.4) is 0 Å². The number of aromatic nitrogens is 2.